The molecule has 1 N–H and O–H groups in total. The monoisotopic (exact) mass is 541 g/mol. The van der Waals surface area contributed by atoms with Crippen LogP contribution in [0, 0.1) is 17.6 Å². The van der Waals surface area contributed by atoms with Crippen LogP contribution in [-0.2, 0) is 27.7 Å². The van der Waals surface area contributed by atoms with Crippen LogP contribution in [-0.4, -0.2) is 37.8 Å². The van der Waals surface area contributed by atoms with E-state index >= 15 is 0 Å². The number of hydrogen-bond acceptors (Lipinski definition) is 8. The predicted molar refractivity (Wildman–Crippen MR) is 139 cm³/mol. The molecule has 1 aliphatic heterocycles. The van der Waals surface area contributed by atoms with Crippen molar-refractivity contribution in [3.63, 3.8) is 0 Å². The van der Waals surface area contributed by atoms with Gasteiger partial charge in [0.05, 0.1) is 16.4 Å². The first-order chi connectivity index (χ1) is 17.3. The van der Waals surface area contributed by atoms with E-state index in [2.05, 4.69) is 5.32 Å². The van der Waals surface area contributed by atoms with E-state index in [0.717, 1.165) is 34.2 Å². The Morgan fingerprint density at radius 3 is 2.53 bits per heavy atom. The van der Waals surface area contributed by atoms with Crippen LogP contribution in [0.15, 0.2) is 58.3 Å². The predicted octanol–water partition coefficient (Wildman–Crippen LogP) is 4.81. The molecule has 0 saturated carbocycles. The first-order valence-corrected chi connectivity index (χ1v) is 14.2. The fourth-order valence-electron chi connectivity index (χ4n) is 3.92. The summed E-state index contributed by atoms with van der Waals surface area (Å²) < 4.78 is 32.9. The van der Waals surface area contributed by atoms with Crippen molar-refractivity contribution >= 4 is 50.0 Å². The maximum absolute atomic E-state index is 13.2. The summed E-state index contributed by atoms with van der Waals surface area (Å²) >= 11 is 1.88. The molecule has 1 amide bonds. The highest BCUT2D eigenvalue weighted by atomic mass is 32.2. The molecule has 0 aliphatic carbocycles. The van der Waals surface area contributed by atoms with Gasteiger partial charge in [0.15, 0.2) is 0 Å². The van der Waals surface area contributed by atoms with Crippen molar-refractivity contribution in [2.45, 2.75) is 36.6 Å². The normalized spacial score (nSPS) is 13.5. The minimum Gasteiger partial charge on any atom is -0.462 e. The molecule has 1 aromatic heterocycles. The Hall–Kier alpha value is -3.17. The maximum Gasteiger partial charge on any atom is 0.348 e. The second-order valence-corrected chi connectivity index (χ2v) is 11.7. The van der Waals surface area contributed by atoms with Crippen molar-refractivity contribution in [2.75, 3.05) is 18.5 Å². The van der Waals surface area contributed by atoms with Crippen molar-refractivity contribution in [3.8, 4) is 5.40 Å². The topological polar surface area (TPSA) is 117 Å². The van der Waals surface area contributed by atoms with Gasteiger partial charge < -0.3 is 10.1 Å². The van der Waals surface area contributed by atoms with Gasteiger partial charge in [0, 0.05) is 18.7 Å². The number of benzene rings is 2. The van der Waals surface area contributed by atoms with Crippen molar-refractivity contribution < 1.29 is 22.7 Å². The molecule has 11 heteroatoms. The number of carbonyl (C=O) groups is 2. The molecule has 8 nitrogen and oxygen atoms in total. The van der Waals surface area contributed by atoms with Gasteiger partial charge in [-0.15, -0.1) is 11.3 Å². The highest BCUT2D eigenvalue weighted by molar-refractivity contribution is 8.04. The third-order valence-electron chi connectivity index (χ3n) is 5.78. The van der Waals surface area contributed by atoms with Gasteiger partial charge in [-0.2, -0.15) is 9.57 Å². The van der Waals surface area contributed by atoms with E-state index in [1.165, 1.54) is 28.6 Å². The Kier molecular flexibility index (Phi) is 7.80. The number of ether oxygens (including phenoxy) is 1. The molecular formula is C25H23N3O5S3. The van der Waals surface area contributed by atoms with Gasteiger partial charge in [0.2, 0.25) is 10.0 Å². The van der Waals surface area contributed by atoms with Crippen LogP contribution >= 0.6 is 23.1 Å². The standard InChI is InChI=1S/C25H23N3O5S3/c1-3-33-25(30)22-16(2)21(34-15-26)24(35-22)27-23(29)18-8-10-20(11-9-18)36(31,32)28-13-12-17-6-4-5-7-19(17)14-28/h4-11H,3,12-14H2,1-2H3,(H,27,29). The molecule has 0 unspecified atom stereocenters. The lowest BCUT2D eigenvalue weighted by atomic mass is 10.0. The number of anilines is 1. The molecule has 36 heavy (non-hydrogen) atoms. The Balaban J connectivity index is 1.52. The molecule has 0 atom stereocenters. The summed E-state index contributed by atoms with van der Waals surface area (Å²) in [4.78, 5) is 26.1. The van der Waals surface area contributed by atoms with E-state index in [1.807, 2.05) is 29.7 Å². The number of carbonyl (C=O) groups excluding carboxylic acids is 2. The highest BCUT2D eigenvalue weighted by Crippen LogP contribution is 2.40. The largest absolute Gasteiger partial charge is 0.462 e. The third-order valence-corrected chi connectivity index (χ3v) is 9.76. The van der Waals surface area contributed by atoms with Crippen molar-refractivity contribution in [2.24, 2.45) is 0 Å². The molecule has 0 fully saturated rings. The summed E-state index contributed by atoms with van der Waals surface area (Å²) in [7, 11) is -3.72. The van der Waals surface area contributed by atoms with E-state index in [4.69, 9.17) is 10.00 Å². The lowest BCUT2D eigenvalue weighted by Gasteiger charge is -2.28. The van der Waals surface area contributed by atoms with Crippen LogP contribution in [0.2, 0.25) is 0 Å². The van der Waals surface area contributed by atoms with Gasteiger partial charge in [0.1, 0.15) is 15.3 Å². The number of nitrogens with zero attached hydrogens (tertiary/aromatic N) is 2. The Morgan fingerprint density at radius 2 is 1.86 bits per heavy atom. The maximum atomic E-state index is 13.2. The molecule has 3 aromatic rings. The summed E-state index contributed by atoms with van der Waals surface area (Å²) in [6.45, 7) is 4.29. The van der Waals surface area contributed by atoms with E-state index < -0.39 is 21.9 Å². The molecule has 2 aromatic carbocycles. The average Bonchev–Trinajstić information content (AvgIpc) is 3.19. The Morgan fingerprint density at radius 1 is 1.17 bits per heavy atom. The number of hydrogen-bond donors (Lipinski definition) is 1. The van der Waals surface area contributed by atoms with Gasteiger partial charge in [-0.25, -0.2) is 13.2 Å². The number of sulfonamides is 1. The zero-order chi connectivity index (χ0) is 25.9. The number of amides is 1. The van der Waals surface area contributed by atoms with Crippen LogP contribution < -0.4 is 5.32 Å². The van der Waals surface area contributed by atoms with Crippen LogP contribution in [0.5, 0.6) is 0 Å². The molecule has 186 valence electrons. The summed E-state index contributed by atoms with van der Waals surface area (Å²) in [5.41, 5.74) is 2.95. The van der Waals surface area contributed by atoms with Crippen LogP contribution in [0.1, 0.15) is 43.6 Å². The number of esters is 1. The number of thioether (sulfide) groups is 1. The van der Waals surface area contributed by atoms with E-state index in [1.54, 1.807) is 13.8 Å². The number of thiocyanates is 1. The second kappa shape index (κ2) is 10.8. The Bertz CT molecular complexity index is 1460. The van der Waals surface area contributed by atoms with Crippen molar-refractivity contribution in [3.05, 3.63) is 75.7 Å². The molecule has 1 aliphatic rings. The number of rotatable bonds is 7. The summed E-state index contributed by atoms with van der Waals surface area (Å²) in [6.07, 6.45) is 0.646. The first kappa shape index (κ1) is 25.9. The minimum absolute atomic E-state index is 0.107. The van der Waals surface area contributed by atoms with Gasteiger partial charge in [-0.3, -0.25) is 4.79 Å². The van der Waals surface area contributed by atoms with Gasteiger partial charge >= 0.3 is 5.97 Å². The van der Waals surface area contributed by atoms with Crippen molar-refractivity contribution in [1.29, 1.82) is 5.26 Å². The van der Waals surface area contributed by atoms with Crippen LogP contribution in [0.3, 0.4) is 0 Å². The number of thiophene rings is 1. The highest BCUT2D eigenvalue weighted by Gasteiger charge is 2.28. The SMILES string of the molecule is CCOC(=O)c1sc(NC(=O)c2ccc(S(=O)(=O)N3CCc4ccccc4C3)cc2)c(SC#N)c1C. The van der Waals surface area contributed by atoms with Crippen LogP contribution in [0.25, 0.3) is 0 Å². The summed E-state index contributed by atoms with van der Waals surface area (Å²) in [6, 6.07) is 13.5. The lowest BCUT2D eigenvalue weighted by Crippen LogP contribution is -2.35. The molecule has 0 saturated heterocycles. The minimum atomic E-state index is -3.72. The zero-order valence-corrected chi connectivity index (χ0v) is 22.1. The van der Waals surface area contributed by atoms with Gasteiger partial charge in [-0.1, -0.05) is 24.3 Å². The molecular weight excluding hydrogens is 518 g/mol. The smallest absolute Gasteiger partial charge is 0.348 e. The second-order valence-electron chi connectivity index (χ2n) is 7.96. The zero-order valence-electron chi connectivity index (χ0n) is 19.6. The van der Waals surface area contributed by atoms with E-state index in [-0.39, 0.29) is 17.1 Å². The average molecular weight is 542 g/mol. The number of fused-ring (bicyclic) bond motifs is 1. The number of nitriles is 1. The fourth-order valence-corrected chi connectivity index (χ4v) is 7.13. The first-order valence-electron chi connectivity index (χ1n) is 11.1. The van der Waals surface area contributed by atoms with Gasteiger partial charge in [-0.05, 0) is 73.0 Å². The Labute approximate surface area is 217 Å². The lowest BCUT2D eigenvalue weighted by molar-refractivity contribution is 0.0531. The van der Waals surface area contributed by atoms with Gasteiger partial charge in [0.25, 0.3) is 5.91 Å². The molecule has 4 rings (SSSR count). The quantitative estimate of drug-likeness (QED) is 0.259. The summed E-state index contributed by atoms with van der Waals surface area (Å²) in [5, 5.41) is 14.2. The molecule has 0 spiro atoms. The fraction of sp³-hybridized carbons (Fsp3) is 0.240. The van der Waals surface area contributed by atoms with E-state index in [9.17, 15) is 18.0 Å². The van der Waals surface area contributed by atoms with Crippen LogP contribution in [0.4, 0.5) is 5.00 Å². The summed E-state index contributed by atoms with van der Waals surface area (Å²) in [5.74, 6) is -1.00. The van der Waals surface area contributed by atoms with E-state index in [0.29, 0.717) is 39.8 Å². The molecule has 2 heterocycles. The number of nitrogens with one attached hydrogen (secondary N) is 1. The molecule has 0 bridgehead atoms. The molecule has 0 radical (unpaired) electrons. The third kappa shape index (κ3) is 5.17. The van der Waals surface area contributed by atoms with Crippen molar-refractivity contribution in [1.82, 2.24) is 4.31 Å².